The molecule has 9 heteroatoms. The van der Waals surface area contributed by atoms with E-state index in [0.717, 1.165) is 49.0 Å². The monoisotopic (exact) mass is 440 g/mol. The zero-order valence-corrected chi connectivity index (χ0v) is 19.2. The lowest BCUT2D eigenvalue weighted by Gasteiger charge is -2.38. The minimum Gasteiger partial charge on any atom is -0.496 e. The lowest BCUT2D eigenvalue weighted by Crippen LogP contribution is -2.48. The number of likely N-dealkylation sites (tertiary alicyclic amines) is 1. The van der Waals surface area contributed by atoms with Crippen molar-refractivity contribution in [1.29, 1.82) is 0 Å². The summed E-state index contributed by atoms with van der Waals surface area (Å²) in [7, 11) is 7.12. The van der Waals surface area contributed by atoms with E-state index in [-0.39, 0.29) is 18.0 Å². The largest absolute Gasteiger partial charge is 0.496 e. The fourth-order valence-corrected chi connectivity index (χ4v) is 4.51. The van der Waals surface area contributed by atoms with E-state index in [1.165, 1.54) is 0 Å². The number of aromatic nitrogens is 2. The Balaban J connectivity index is 1.85. The Morgan fingerprint density at radius 2 is 1.91 bits per heavy atom. The van der Waals surface area contributed by atoms with Crippen molar-refractivity contribution < 1.29 is 14.3 Å². The molecule has 1 aromatic heterocycles. The minimum atomic E-state index is -0.213. The molecule has 32 heavy (non-hydrogen) atoms. The summed E-state index contributed by atoms with van der Waals surface area (Å²) in [5, 5.41) is 0. The van der Waals surface area contributed by atoms with Crippen LogP contribution in [-0.4, -0.2) is 68.2 Å². The summed E-state index contributed by atoms with van der Waals surface area (Å²) in [6, 6.07) is 5.34. The zero-order valence-electron chi connectivity index (χ0n) is 19.2. The molecule has 4 rings (SSSR count). The first-order valence-corrected chi connectivity index (χ1v) is 11.1. The van der Waals surface area contributed by atoms with Crippen molar-refractivity contribution in [2.24, 2.45) is 0 Å². The van der Waals surface area contributed by atoms with Crippen LogP contribution in [-0.2, 0) is 4.79 Å². The van der Waals surface area contributed by atoms with Crippen LogP contribution in [0.3, 0.4) is 0 Å². The number of benzene rings is 1. The van der Waals surface area contributed by atoms with Crippen LogP contribution in [0.1, 0.15) is 37.4 Å². The van der Waals surface area contributed by atoms with E-state index in [0.29, 0.717) is 24.0 Å². The smallest absolute Gasteiger partial charge is 0.241 e. The maximum absolute atomic E-state index is 13.4. The average molecular weight is 441 g/mol. The number of nitrogens with one attached hydrogen (secondary N) is 2. The van der Waals surface area contributed by atoms with Gasteiger partial charge in [0.25, 0.3) is 0 Å². The quantitative estimate of drug-likeness (QED) is 0.706. The summed E-state index contributed by atoms with van der Waals surface area (Å²) >= 11 is 0. The maximum Gasteiger partial charge on any atom is 0.241 e. The van der Waals surface area contributed by atoms with Crippen molar-refractivity contribution in [3.63, 3.8) is 0 Å². The highest BCUT2D eigenvalue weighted by molar-refractivity contribution is 5.84. The van der Waals surface area contributed by atoms with E-state index in [2.05, 4.69) is 15.8 Å². The number of ether oxygens (including phenoxy) is 2. The molecule has 2 saturated heterocycles. The van der Waals surface area contributed by atoms with Crippen LogP contribution >= 0.6 is 0 Å². The predicted molar refractivity (Wildman–Crippen MR) is 123 cm³/mol. The molecular formula is C23H32N6O3. The van der Waals surface area contributed by atoms with Crippen molar-refractivity contribution in [1.82, 2.24) is 25.7 Å². The van der Waals surface area contributed by atoms with Gasteiger partial charge in [-0.05, 0) is 37.8 Å². The Morgan fingerprint density at radius 1 is 1.16 bits per heavy atom. The van der Waals surface area contributed by atoms with Crippen molar-refractivity contribution in [2.75, 3.05) is 46.3 Å². The molecule has 2 aromatic rings. The third-order valence-corrected chi connectivity index (χ3v) is 6.14. The van der Waals surface area contributed by atoms with Gasteiger partial charge in [0.2, 0.25) is 11.9 Å². The Kier molecular flexibility index (Phi) is 6.76. The topological polar surface area (TPSA) is 91.9 Å². The highest BCUT2D eigenvalue weighted by Gasteiger charge is 2.36. The summed E-state index contributed by atoms with van der Waals surface area (Å²) in [4.78, 5) is 26.8. The molecule has 1 amide bonds. The molecule has 172 valence electrons. The summed E-state index contributed by atoms with van der Waals surface area (Å²) < 4.78 is 11.3. The van der Waals surface area contributed by atoms with Gasteiger partial charge in [-0.25, -0.2) is 15.4 Å². The third kappa shape index (κ3) is 4.22. The SMILES string of the molecule is COc1cccc(OC)c1-c1cnc(N(C)C)nc1C1CCCCN1C(=O)C1CCNN1. The van der Waals surface area contributed by atoms with E-state index >= 15 is 0 Å². The number of amides is 1. The van der Waals surface area contributed by atoms with Crippen molar-refractivity contribution in [3.05, 3.63) is 30.1 Å². The summed E-state index contributed by atoms with van der Waals surface area (Å²) in [5.41, 5.74) is 8.64. The fourth-order valence-electron chi connectivity index (χ4n) is 4.51. The summed E-state index contributed by atoms with van der Waals surface area (Å²) in [6.45, 7) is 1.50. The number of hydrazine groups is 1. The van der Waals surface area contributed by atoms with Gasteiger partial charge in [0.05, 0.1) is 31.5 Å². The van der Waals surface area contributed by atoms with Gasteiger partial charge < -0.3 is 19.3 Å². The first-order valence-electron chi connectivity index (χ1n) is 11.1. The minimum absolute atomic E-state index is 0.114. The van der Waals surface area contributed by atoms with Gasteiger partial charge in [-0.3, -0.25) is 10.2 Å². The van der Waals surface area contributed by atoms with E-state index in [1.54, 1.807) is 14.2 Å². The van der Waals surface area contributed by atoms with E-state index in [1.807, 2.05) is 48.3 Å². The molecular weight excluding hydrogens is 408 g/mol. The van der Waals surface area contributed by atoms with E-state index in [9.17, 15) is 4.79 Å². The third-order valence-electron chi connectivity index (χ3n) is 6.14. The van der Waals surface area contributed by atoms with Gasteiger partial charge in [-0.1, -0.05) is 6.07 Å². The van der Waals surface area contributed by atoms with Crippen LogP contribution < -0.4 is 25.2 Å². The number of rotatable bonds is 6. The van der Waals surface area contributed by atoms with Crippen molar-refractivity contribution >= 4 is 11.9 Å². The second-order valence-corrected chi connectivity index (χ2v) is 8.36. The van der Waals surface area contributed by atoms with Gasteiger partial charge in [0, 0.05) is 38.9 Å². The number of hydrogen-bond acceptors (Lipinski definition) is 8. The van der Waals surface area contributed by atoms with Crippen LogP contribution in [0.15, 0.2) is 24.4 Å². The molecule has 3 heterocycles. The number of carbonyl (C=O) groups excluding carboxylic acids is 1. The first-order chi connectivity index (χ1) is 15.5. The molecule has 2 aliphatic rings. The van der Waals surface area contributed by atoms with Crippen LogP contribution in [0.4, 0.5) is 5.95 Å². The summed E-state index contributed by atoms with van der Waals surface area (Å²) in [6.07, 6.45) is 5.47. The van der Waals surface area contributed by atoms with Gasteiger partial charge in [-0.2, -0.15) is 0 Å². The molecule has 2 N–H and O–H groups in total. The molecule has 0 radical (unpaired) electrons. The molecule has 0 aliphatic carbocycles. The molecule has 0 bridgehead atoms. The highest BCUT2D eigenvalue weighted by Crippen LogP contribution is 2.43. The maximum atomic E-state index is 13.4. The fraction of sp³-hybridized carbons (Fsp3) is 0.522. The molecule has 2 aliphatic heterocycles. The molecule has 0 saturated carbocycles. The second kappa shape index (κ2) is 9.70. The Hall–Kier alpha value is -2.91. The molecule has 2 unspecified atom stereocenters. The number of methoxy groups -OCH3 is 2. The lowest BCUT2D eigenvalue weighted by molar-refractivity contribution is -0.137. The first kappa shape index (κ1) is 22.3. The number of nitrogens with zero attached hydrogens (tertiary/aromatic N) is 4. The van der Waals surface area contributed by atoms with Crippen molar-refractivity contribution in [2.45, 2.75) is 37.8 Å². The number of hydrogen-bond donors (Lipinski definition) is 2. The van der Waals surface area contributed by atoms with Crippen LogP contribution in [0, 0.1) is 0 Å². The van der Waals surface area contributed by atoms with Crippen LogP contribution in [0.2, 0.25) is 0 Å². The van der Waals surface area contributed by atoms with Crippen LogP contribution in [0.5, 0.6) is 11.5 Å². The van der Waals surface area contributed by atoms with Gasteiger partial charge >= 0.3 is 0 Å². The van der Waals surface area contributed by atoms with Crippen LogP contribution in [0.25, 0.3) is 11.1 Å². The van der Waals surface area contributed by atoms with Gasteiger partial charge in [0.15, 0.2) is 0 Å². The standard InChI is InChI=1S/C23H32N6O3/c1-28(2)23-24-14-15(20-18(31-3)9-7-10-19(20)32-4)21(26-23)17-8-5-6-13-29(17)22(30)16-11-12-25-27-16/h7,9-10,14,16-17,25,27H,5-6,8,11-13H2,1-4H3. The molecule has 1 aromatic carbocycles. The van der Waals surface area contributed by atoms with Gasteiger partial charge in [0.1, 0.15) is 17.5 Å². The van der Waals surface area contributed by atoms with Gasteiger partial charge in [-0.15, -0.1) is 0 Å². The Bertz CT molecular complexity index is 938. The average Bonchev–Trinajstić information content (AvgIpc) is 3.37. The molecule has 2 fully saturated rings. The zero-order chi connectivity index (χ0) is 22.7. The Morgan fingerprint density at radius 3 is 2.53 bits per heavy atom. The highest BCUT2D eigenvalue weighted by atomic mass is 16.5. The lowest BCUT2D eigenvalue weighted by atomic mass is 9.92. The Labute approximate surface area is 189 Å². The molecule has 0 spiro atoms. The summed E-state index contributed by atoms with van der Waals surface area (Å²) in [5.74, 6) is 2.09. The van der Waals surface area contributed by atoms with Crippen molar-refractivity contribution in [3.8, 4) is 22.6 Å². The molecule has 2 atom stereocenters. The molecule has 9 nitrogen and oxygen atoms in total. The normalized spacial score (nSPS) is 20.8. The second-order valence-electron chi connectivity index (χ2n) is 8.36. The number of carbonyl (C=O) groups is 1. The predicted octanol–water partition coefficient (Wildman–Crippen LogP) is 2.15. The number of piperidine rings is 1. The number of anilines is 1. The van der Waals surface area contributed by atoms with E-state index in [4.69, 9.17) is 14.5 Å². The van der Waals surface area contributed by atoms with E-state index < -0.39 is 0 Å².